The van der Waals surface area contributed by atoms with Crippen LogP contribution in [0.3, 0.4) is 0 Å². The minimum atomic E-state index is -0.216. The van der Waals surface area contributed by atoms with Crippen LogP contribution in [0, 0.1) is 0 Å². The molecular formula is C29H34N2O4. The minimum absolute atomic E-state index is 0.158. The third-order valence-corrected chi connectivity index (χ3v) is 5.78. The Hall–Kier alpha value is -3.80. The van der Waals surface area contributed by atoms with Crippen molar-refractivity contribution in [2.75, 3.05) is 32.7 Å². The highest BCUT2D eigenvalue weighted by atomic mass is 16.5. The van der Waals surface area contributed by atoms with E-state index in [1.165, 1.54) is 7.11 Å². The van der Waals surface area contributed by atoms with Crippen LogP contribution in [0.1, 0.15) is 31.2 Å². The van der Waals surface area contributed by atoms with E-state index >= 15 is 0 Å². The Labute approximate surface area is 207 Å². The topological polar surface area (TPSA) is 67.9 Å². The molecule has 0 spiro atoms. The zero-order valence-electron chi connectivity index (χ0n) is 20.8. The number of allylic oxidation sites excluding steroid dienone is 1. The largest absolute Gasteiger partial charge is 0.488 e. The molecule has 0 aliphatic carbocycles. The van der Waals surface area contributed by atoms with Crippen LogP contribution in [-0.2, 0) is 20.9 Å². The fourth-order valence-corrected chi connectivity index (χ4v) is 3.69. The van der Waals surface area contributed by atoms with Gasteiger partial charge in [0.25, 0.3) is 5.91 Å². The summed E-state index contributed by atoms with van der Waals surface area (Å²) < 4.78 is 10.8. The number of nitrogens with one attached hydrogen (secondary N) is 1. The molecule has 6 heteroatoms. The average molecular weight is 475 g/mol. The van der Waals surface area contributed by atoms with Crippen LogP contribution < -0.4 is 15.0 Å². The fraction of sp³-hybridized carbons (Fsp3) is 0.310. The Kier molecular flexibility index (Phi) is 9.72. The van der Waals surface area contributed by atoms with Crippen molar-refractivity contribution in [1.29, 1.82) is 0 Å². The summed E-state index contributed by atoms with van der Waals surface area (Å²) in [6.07, 6.45) is 4.46. The first-order valence-electron chi connectivity index (χ1n) is 11.9. The fourth-order valence-electron chi connectivity index (χ4n) is 3.69. The lowest BCUT2D eigenvalue weighted by molar-refractivity contribution is -0.140. The normalized spacial score (nSPS) is 11.2. The molecule has 0 aromatic heterocycles. The van der Waals surface area contributed by atoms with Crippen LogP contribution in [0.4, 0.5) is 5.69 Å². The SMILES string of the molecule is COC(=O)CCCCC=C(COc1cccc2ccccc12)C(=O)NCc1ccc(N(C)C)cc1. The molecular weight excluding hydrogens is 440 g/mol. The number of esters is 1. The van der Waals surface area contributed by atoms with Crippen LogP contribution in [0.2, 0.25) is 0 Å². The summed E-state index contributed by atoms with van der Waals surface area (Å²) in [5, 5.41) is 5.11. The van der Waals surface area contributed by atoms with E-state index in [0.29, 0.717) is 31.4 Å². The molecule has 6 nitrogen and oxygen atoms in total. The summed E-state index contributed by atoms with van der Waals surface area (Å²) in [5.74, 6) is 0.369. The van der Waals surface area contributed by atoms with Crippen molar-refractivity contribution in [3.05, 3.63) is 83.9 Å². The molecule has 0 radical (unpaired) electrons. The maximum Gasteiger partial charge on any atom is 0.305 e. The van der Waals surface area contributed by atoms with E-state index in [2.05, 4.69) is 5.32 Å². The highest BCUT2D eigenvalue weighted by molar-refractivity contribution is 5.94. The van der Waals surface area contributed by atoms with E-state index in [-0.39, 0.29) is 18.5 Å². The molecule has 0 aliphatic heterocycles. The van der Waals surface area contributed by atoms with Crippen LogP contribution in [-0.4, -0.2) is 39.7 Å². The number of anilines is 1. The summed E-state index contributed by atoms with van der Waals surface area (Å²) in [5.41, 5.74) is 2.70. The molecule has 3 aromatic rings. The lowest BCUT2D eigenvalue weighted by Gasteiger charge is -2.14. The predicted molar refractivity (Wildman–Crippen MR) is 141 cm³/mol. The van der Waals surface area contributed by atoms with Gasteiger partial charge in [-0.2, -0.15) is 0 Å². The second kappa shape index (κ2) is 13.2. The van der Waals surface area contributed by atoms with Crippen molar-refractivity contribution in [3.8, 4) is 5.75 Å². The van der Waals surface area contributed by atoms with Gasteiger partial charge < -0.3 is 19.7 Å². The molecule has 0 fully saturated rings. The number of benzene rings is 3. The van der Waals surface area contributed by atoms with Gasteiger partial charge in [0, 0.05) is 38.1 Å². The number of hydrogen-bond donors (Lipinski definition) is 1. The maximum atomic E-state index is 13.1. The van der Waals surface area contributed by atoms with Gasteiger partial charge in [0.1, 0.15) is 12.4 Å². The lowest BCUT2D eigenvalue weighted by Crippen LogP contribution is -2.27. The van der Waals surface area contributed by atoms with Crippen molar-refractivity contribution in [1.82, 2.24) is 5.32 Å². The smallest absolute Gasteiger partial charge is 0.305 e. The van der Waals surface area contributed by atoms with Gasteiger partial charge in [-0.1, -0.05) is 54.6 Å². The molecule has 0 saturated heterocycles. The van der Waals surface area contributed by atoms with Crippen LogP contribution in [0.5, 0.6) is 5.75 Å². The molecule has 1 N–H and O–H groups in total. The molecule has 35 heavy (non-hydrogen) atoms. The maximum absolute atomic E-state index is 13.1. The van der Waals surface area contributed by atoms with E-state index in [9.17, 15) is 9.59 Å². The zero-order chi connectivity index (χ0) is 25.0. The summed E-state index contributed by atoms with van der Waals surface area (Å²) in [6.45, 7) is 0.594. The van der Waals surface area contributed by atoms with E-state index in [4.69, 9.17) is 9.47 Å². The van der Waals surface area contributed by atoms with Gasteiger partial charge >= 0.3 is 5.97 Å². The summed E-state index contributed by atoms with van der Waals surface area (Å²) in [7, 11) is 5.38. The summed E-state index contributed by atoms with van der Waals surface area (Å²) in [4.78, 5) is 26.4. The molecule has 0 atom stereocenters. The zero-order valence-corrected chi connectivity index (χ0v) is 20.8. The summed E-state index contributed by atoms with van der Waals surface area (Å²) >= 11 is 0. The number of unbranched alkanes of at least 4 members (excludes halogenated alkanes) is 2. The number of nitrogens with zero attached hydrogens (tertiary/aromatic N) is 1. The Morgan fingerprint density at radius 2 is 1.69 bits per heavy atom. The van der Waals surface area contributed by atoms with Crippen LogP contribution in [0.25, 0.3) is 10.8 Å². The number of amides is 1. The van der Waals surface area contributed by atoms with Crippen LogP contribution in [0.15, 0.2) is 78.4 Å². The van der Waals surface area contributed by atoms with Crippen molar-refractivity contribution in [3.63, 3.8) is 0 Å². The Balaban J connectivity index is 1.65. The molecule has 1 amide bonds. The first kappa shape index (κ1) is 25.8. The minimum Gasteiger partial charge on any atom is -0.488 e. The lowest BCUT2D eigenvalue weighted by atomic mass is 10.1. The van der Waals surface area contributed by atoms with E-state index in [1.807, 2.05) is 91.8 Å². The Morgan fingerprint density at radius 3 is 2.43 bits per heavy atom. The number of rotatable bonds is 12. The number of fused-ring (bicyclic) bond motifs is 1. The van der Waals surface area contributed by atoms with E-state index < -0.39 is 0 Å². The Morgan fingerprint density at radius 1 is 0.943 bits per heavy atom. The number of hydrogen-bond acceptors (Lipinski definition) is 5. The first-order valence-corrected chi connectivity index (χ1v) is 11.9. The number of carbonyl (C=O) groups is 2. The third kappa shape index (κ3) is 7.88. The second-order valence-electron chi connectivity index (χ2n) is 8.56. The molecule has 0 heterocycles. The quantitative estimate of drug-likeness (QED) is 0.220. The molecule has 0 saturated carbocycles. The highest BCUT2D eigenvalue weighted by Crippen LogP contribution is 2.25. The van der Waals surface area contributed by atoms with Gasteiger partial charge in [-0.05, 0) is 48.4 Å². The molecule has 3 rings (SSSR count). The first-order chi connectivity index (χ1) is 17.0. The van der Waals surface area contributed by atoms with Gasteiger partial charge in [0.05, 0.1) is 12.7 Å². The molecule has 0 aliphatic rings. The van der Waals surface area contributed by atoms with Crippen molar-refractivity contribution >= 4 is 28.3 Å². The second-order valence-corrected chi connectivity index (χ2v) is 8.56. The molecule has 0 bridgehead atoms. The monoisotopic (exact) mass is 474 g/mol. The van der Waals surface area contributed by atoms with Gasteiger partial charge in [-0.25, -0.2) is 0 Å². The van der Waals surface area contributed by atoms with Gasteiger partial charge in [-0.15, -0.1) is 0 Å². The van der Waals surface area contributed by atoms with Crippen molar-refractivity contribution in [2.45, 2.75) is 32.2 Å². The molecule has 184 valence electrons. The van der Waals surface area contributed by atoms with E-state index in [0.717, 1.165) is 34.2 Å². The predicted octanol–water partition coefficient (Wildman–Crippen LogP) is 5.26. The molecule has 3 aromatic carbocycles. The number of methoxy groups -OCH3 is 1. The average Bonchev–Trinajstić information content (AvgIpc) is 2.88. The van der Waals surface area contributed by atoms with Gasteiger partial charge in [-0.3, -0.25) is 9.59 Å². The number of carbonyl (C=O) groups excluding carboxylic acids is 2. The molecule has 0 unspecified atom stereocenters. The van der Waals surface area contributed by atoms with Crippen LogP contribution >= 0.6 is 0 Å². The standard InChI is InChI=1S/C29H34N2O4/c1-31(2)25-18-16-22(17-19-25)20-30-29(33)24(11-5-4-6-15-28(32)34-3)21-35-27-14-9-12-23-10-7-8-13-26(23)27/h7-14,16-19H,4-6,15,20-21H2,1-3H3,(H,30,33). The van der Waals surface area contributed by atoms with Gasteiger partial charge in [0.2, 0.25) is 0 Å². The van der Waals surface area contributed by atoms with Crippen molar-refractivity contribution < 1.29 is 19.1 Å². The summed E-state index contributed by atoms with van der Waals surface area (Å²) in [6, 6.07) is 22.0. The Bertz CT molecular complexity index is 1150. The van der Waals surface area contributed by atoms with Crippen molar-refractivity contribution in [2.24, 2.45) is 0 Å². The number of ether oxygens (including phenoxy) is 2. The third-order valence-electron chi connectivity index (χ3n) is 5.78. The highest BCUT2D eigenvalue weighted by Gasteiger charge is 2.12. The van der Waals surface area contributed by atoms with Gasteiger partial charge in [0.15, 0.2) is 0 Å². The van der Waals surface area contributed by atoms with E-state index in [1.54, 1.807) is 0 Å².